The molecule has 2 rings (SSSR count). The molecule has 5 heteroatoms. The number of carbonyl (C=O) groups excluding carboxylic acids is 1. The third-order valence-electron chi connectivity index (χ3n) is 2.33. The molecule has 0 spiro atoms. The van der Waals surface area contributed by atoms with E-state index in [1.165, 1.54) is 12.1 Å². The Morgan fingerprint density at radius 2 is 1.78 bits per heavy atom. The Labute approximate surface area is 114 Å². The number of hydrogen-bond donors (Lipinski definition) is 2. The quantitative estimate of drug-likeness (QED) is 0.876. The molecule has 18 heavy (non-hydrogen) atoms. The van der Waals surface area contributed by atoms with E-state index in [1.807, 2.05) is 0 Å². The van der Waals surface area contributed by atoms with Crippen LogP contribution in [0.4, 0.5) is 5.69 Å². The first kappa shape index (κ1) is 12.7. The van der Waals surface area contributed by atoms with Crippen molar-refractivity contribution in [1.82, 2.24) is 0 Å². The number of halogens is 2. The van der Waals surface area contributed by atoms with E-state index in [2.05, 4.69) is 5.32 Å². The van der Waals surface area contributed by atoms with E-state index in [0.717, 1.165) is 0 Å². The molecule has 0 saturated heterocycles. The van der Waals surface area contributed by atoms with Gasteiger partial charge in [-0.05, 0) is 30.3 Å². The van der Waals surface area contributed by atoms with Gasteiger partial charge in [0.1, 0.15) is 5.75 Å². The Hall–Kier alpha value is -1.71. The summed E-state index contributed by atoms with van der Waals surface area (Å²) in [6, 6.07) is 11.1. The smallest absolute Gasteiger partial charge is 0.259 e. The number of aromatic hydroxyl groups is 1. The summed E-state index contributed by atoms with van der Waals surface area (Å²) in [6.07, 6.45) is 0. The van der Waals surface area contributed by atoms with Gasteiger partial charge in [0.05, 0.1) is 15.6 Å². The predicted octanol–water partition coefficient (Wildman–Crippen LogP) is 3.95. The van der Waals surface area contributed by atoms with Crippen molar-refractivity contribution in [2.24, 2.45) is 0 Å². The van der Waals surface area contributed by atoms with E-state index < -0.39 is 5.91 Å². The molecule has 0 saturated carbocycles. The van der Waals surface area contributed by atoms with Gasteiger partial charge in [0.2, 0.25) is 0 Å². The first-order valence-corrected chi connectivity index (χ1v) is 5.88. The summed E-state index contributed by atoms with van der Waals surface area (Å²) in [6.45, 7) is 0. The van der Waals surface area contributed by atoms with E-state index in [-0.39, 0.29) is 11.3 Å². The molecule has 2 aromatic carbocycles. The Balaban J connectivity index is 2.22. The van der Waals surface area contributed by atoms with Crippen molar-refractivity contribution in [1.29, 1.82) is 0 Å². The SMILES string of the molecule is O=C(Nc1ccc(Cl)c(Cl)c1)c1ccccc1O. The van der Waals surface area contributed by atoms with Crippen LogP contribution in [0, 0.1) is 0 Å². The summed E-state index contributed by atoms with van der Waals surface area (Å²) in [5.74, 6) is -0.485. The Morgan fingerprint density at radius 1 is 1.06 bits per heavy atom. The van der Waals surface area contributed by atoms with Gasteiger partial charge in [0.25, 0.3) is 5.91 Å². The minimum Gasteiger partial charge on any atom is -0.507 e. The molecule has 3 nitrogen and oxygen atoms in total. The summed E-state index contributed by atoms with van der Waals surface area (Å²) < 4.78 is 0. The molecule has 0 atom stereocenters. The highest BCUT2D eigenvalue weighted by Crippen LogP contribution is 2.26. The first-order chi connectivity index (χ1) is 8.58. The van der Waals surface area contributed by atoms with Crippen LogP contribution in [-0.2, 0) is 0 Å². The van der Waals surface area contributed by atoms with Crippen LogP contribution in [0.25, 0.3) is 0 Å². The molecule has 2 aromatic rings. The zero-order valence-electron chi connectivity index (χ0n) is 9.15. The highest BCUT2D eigenvalue weighted by molar-refractivity contribution is 6.42. The van der Waals surface area contributed by atoms with Gasteiger partial charge >= 0.3 is 0 Å². The monoisotopic (exact) mass is 281 g/mol. The molecule has 1 amide bonds. The van der Waals surface area contributed by atoms with Crippen LogP contribution in [0.1, 0.15) is 10.4 Å². The highest BCUT2D eigenvalue weighted by atomic mass is 35.5. The van der Waals surface area contributed by atoms with Crippen molar-refractivity contribution < 1.29 is 9.90 Å². The Morgan fingerprint density at radius 3 is 2.44 bits per heavy atom. The van der Waals surface area contributed by atoms with Crippen LogP contribution >= 0.6 is 23.2 Å². The van der Waals surface area contributed by atoms with Gasteiger partial charge in [-0.25, -0.2) is 0 Å². The van der Waals surface area contributed by atoms with Gasteiger partial charge in [-0.2, -0.15) is 0 Å². The number of benzene rings is 2. The van der Waals surface area contributed by atoms with Crippen molar-refractivity contribution in [2.75, 3.05) is 5.32 Å². The van der Waals surface area contributed by atoms with Gasteiger partial charge in [0.15, 0.2) is 0 Å². The lowest BCUT2D eigenvalue weighted by Gasteiger charge is -2.07. The molecule has 0 aromatic heterocycles. The molecular formula is C13H9Cl2NO2. The molecule has 0 heterocycles. The molecule has 0 unspecified atom stereocenters. The third kappa shape index (κ3) is 2.75. The Bertz CT molecular complexity index is 599. The van der Waals surface area contributed by atoms with Crippen LogP contribution in [-0.4, -0.2) is 11.0 Å². The van der Waals surface area contributed by atoms with Crippen molar-refractivity contribution >= 4 is 34.8 Å². The molecular weight excluding hydrogens is 273 g/mol. The normalized spacial score (nSPS) is 10.1. The van der Waals surface area contributed by atoms with Gasteiger partial charge in [-0.3, -0.25) is 4.79 Å². The molecule has 0 aliphatic rings. The minimum absolute atomic E-state index is 0.0740. The molecule has 92 valence electrons. The fourth-order valence-electron chi connectivity index (χ4n) is 1.44. The van der Waals surface area contributed by atoms with E-state index in [0.29, 0.717) is 15.7 Å². The number of carbonyl (C=O) groups is 1. The lowest BCUT2D eigenvalue weighted by molar-refractivity contribution is 0.102. The zero-order chi connectivity index (χ0) is 13.1. The summed E-state index contributed by atoms with van der Waals surface area (Å²) in [4.78, 5) is 11.9. The Kier molecular flexibility index (Phi) is 3.75. The second-order valence-electron chi connectivity index (χ2n) is 3.60. The van der Waals surface area contributed by atoms with Crippen LogP contribution in [0.3, 0.4) is 0 Å². The molecule has 0 radical (unpaired) electrons. The van der Waals surface area contributed by atoms with Gasteiger partial charge in [-0.1, -0.05) is 35.3 Å². The fourth-order valence-corrected chi connectivity index (χ4v) is 1.74. The second-order valence-corrected chi connectivity index (χ2v) is 4.41. The summed E-state index contributed by atoms with van der Waals surface area (Å²) in [5, 5.41) is 12.9. The molecule has 0 aliphatic carbocycles. The largest absolute Gasteiger partial charge is 0.507 e. The summed E-state index contributed by atoms with van der Waals surface area (Å²) >= 11 is 11.6. The van der Waals surface area contributed by atoms with Crippen molar-refractivity contribution in [3.8, 4) is 5.75 Å². The average molecular weight is 282 g/mol. The fraction of sp³-hybridized carbons (Fsp3) is 0. The number of para-hydroxylation sites is 1. The lowest BCUT2D eigenvalue weighted by Crippen LogP contribution is -2.11. The van der Waals surface area contributed by atoms with Crippen molar-refractivity contribution in [3.05, 3.63) is 58.1 Å². The van der Waals surface area contributed by atoms with Crippen LogP contribution in [0.15, 0.2) is 42.5 Å². The van der Waals surface area contributed by atoms with Gasteiger partial charge in [-0.15, -0.1) is 0 Å². The van der Waals surface area contributed by atoms with Gasteiger partial charge < -0.3 is 10.4 Å². The molecule has 0 bridgehead atoms. The number of amides is 1. The summed E-state index contributed by atoms with van der Waals surface area (Å²) in [5.41, 5.74) is 0.709. The van der Waals surface area contributed by atoms with E-state index >= 15 is 0 Å². The third-order valence-corrected chi connectivity index (χ3v) is 3.07. The molecule has 0 aliphatic heterocycles. The number of nitrogens with one attached hydrogen (secondary N) is 1. The van der Waals surface area contributed by atoms with E-state index in [9.17, 15) is 9.90 Å². The number of phenols is 1. The summed E-state index contributed by atoms with van der Waals surface area (Å²) in [7, 11) is 0. The van der Waals surface area contributed by atoms with Gasteiger partial charge in [0, 0.05) is 5.69 Å². The van der Waals surface area contributed by atoms with Crippen molar-refractivity contribution in [3.63, 3.8) is 0 Å². The van der Waals surface area contributed by atoms with Crippen LogP contribution < -0.4 is 5.32 Å². The maximum absolute atomic E-state index is 11.9. The van der Waals surface area contributed by atoms with Crippen LogP contribution in [0.2, 0.25) is 10.0 Å². The lowest BCUT2D eigenvalue weighted by atomic mass is 10.2. The number of hydrogen-bond acceptors (Lipinski definition) is 2. The van der Waals surface area contributed by atoms with Crippen molar-refractivity contribution in [2.45, 2.75) is 0 Å². The molecule has 2 N–H and O–H groups in total. The predicted molar refractivity (Wildman–Crippen MR) is 72.5 cm³/mol. The maximum atomic E-state index is 11.9. The standard InChI is InChI=1S/C13H9Cl2NO2/c14-10-6-5-8(7-11(10)15)16-13(18)9-3-1-2-4-12(9)17/h1-7,17H,(H,16,18). The van der Waals surface area contributed by atoms with E-state index in [1.54, 1.807) is 30.3 Å². The number of anilines is 1. The minimum atomic E-state index is -0.411. The first-order valence-electron chi connectivity index (χ1n) is 5.12. The second kappa shape index (κ2) is 5.29. The van der Waals surface area contributed by atoms with Crippen LogP contribution in [0.5, 0.6) is 5.75 Å². The number of phenolic OH excluding ortho intramolecular Hbond substituents is 1. The number of rotatable bonds is 2. The zero-order valence-corrected chi connectivity index (χ0v) is 10.7. The maximum Gasteiger partial charge on any atom is 0.259 e. The topological polar surface area (TPSA) is 49.3 Å². The average Bonchev–Trinajstić information content (AvgIpc) is 2.34. The van der Waals surface area contributed by atoms with E-state index in [4.69, 9.17) is 23.2 Å². The molecule has 0 fully saturated rings. The highest BCUT2D eigenvalue weighted by Gasteiger charge is 2.10.